The molecule has 0 unspecified atom stereocenters. The Morgan fingerprint density at radius 1 is 1.15 bits per heavy atom. The molecule has 0 saturated heterocycles. The van der Waals surface area contributed by atoms with Crippen LogP contribution in [-0.4, -0.2) is 17.6 Å². The van der Waals surface area contributed by atoms with E-state index in [9.17, 15) is 4.79 Å². The first-order valence-corrected chi connectivity index (χ1v) is 9.05. The van der Waals surface area contributed by atoms with Gasteiger partial charge in [0.05, 0.1) is 17.7 Å². The fourth-order valence-electron chi connectivity index (χ4n) is 2.67. The van der Waals surface area contributed by atoms with Gasteiger partial charge in [0, 0.05) is 27.5 Å². The molecule has 0 amide bonds. The number of nitrogens with zero attached hydrogens (tertiary/aromatic N) is 1. The number of aromatic nitrogens is 1. The quantitative estimate of drug-likeness (QED) is 0.507. The van der Waals surface area contributed by atoms with Crippen LogP contribution in [0.2, 0.25) is 5.02 Å². The summed E-state index contributed by atoms with van der Waals surface area (Å²) in [5.41, 5.74) is 4.15. The van der Waals surface area contributed by atoms with Crippen LogP contribution in [-0.2, 0) is 4.74 Å². The summed E-state index contributed by atoms with van der Waals surface area (Å²) >= 11 is 6.13. The summed E-state index contributed by atoms with van der Waals surface area (Å²) in [6.45, 7) is 4.47. The summed E-state index contributed by atoms with van der Waals surface area (Å²) in [4.78, 5) is 16.5. The lowest BCUT2D eigenvalue weighted by Crippen LogP contribution is -3.00. The Hall–Kier alpha value is -2.30. The fraction of sp³-hybridized carbons (Fsp3) is 0.238. The fourth-order valence-corrected chi connectivity index (χ4v) is 2.84. The van der Waals surface area contributed by atoms with Gasteiger partial charge in [0.25, 0.3) is 0 Å². The third kappa shape index (κ3) is 5.34. The highest BCUT2D eigenvalue weighted by Crippen LogP contribution is 2.29. The van der Waals surface area contributed by atoms with Crippen molar-refractivity contribution < 1.29 is 21.9 Å². The molecule has 0 fully saturated rings. The van der Waals surface area contributed by atoms with Crippen molar-refractivity contribution in [3.63, 3.8) is 0 Å². The van der Waals surface area contributed by atoms with Crippen molar-refractivity contribution in [2.75, 3.05) is 11.9 Å². The molecule has 27 heavy (non-hydrogen) atoms. The lowest BCUT2D eigenvalue weighted by Gasteiger charge is -2.12. The molecule has 1 heterocycles. The molecule has 142 valence electrons. The smallest absolute Gasteiger partial charge is 0.338 e. The predicted molar refractivity (Wildman–Crippen MR) is 106 cm³/mol. The van der Waals surface area contributed by atoms with Crippen LogP contribution >= 0.6 is 11.6 Å². The molecular weight excluding hydrogens is 383 g/mol. The Morgan fingerprint density at radius 3 is 2.59 bits per heavy atom. The van der Waals surface area contributed by atoms with Crippen LogP contribution in [0.5, 0.6) is 0 Å². The van der Waals surface area contributed by atoms with E-state index in [1.807, 2.05) is 43.3 Å². The summed E-state index contributed by atoms with van der Waals surface area (Å²) in [5, 5.41) is 5.00. The highest BCUT2D eigenvalue weighted by Gasteiger charge is 2.08. The predicted octanol–water partition coefficient (Wildman–Crippen LogP) is 2.90. The van der Waals surface area contributed by atoms with Crippen LogP contribution < -0.4 is 17.7 Å². The molecular formula is C21H21Cl2N2O2-. The van der Waals surface area contributed by atoms with Gasteiger partial charge >= 0.3 is 5.97 Å². The molecule has 3 rings (SSSR count). The zero-order chi connectivity index (χ0) is 18.5. The topological polar surface area (TPSA) is 51.2 Å². The van der Waals surface area contributed by atoms with Gasteiger partial charge in [-0.05, 0) is 61.9 Å². The lowest BCUT2D eigenvalue weighted by molar-refractivity contribution is -0.0000237. The van der Waals surface area contributed by atoms with Crippen molar-refractivity contribution in [2.45, 2.75) is 26.7 Å². The molecule has 1 aromatic heterocycles. The van der Waals surface area contributed by atoms with Gasteiger partial charge in [0.15, 0.2) is 0 Å². The van der Waals surface area contributed by atoms with E-state index < -0.39 is 0 Å². The first-order valence-electron chi connectivity index (χ1n) is 8.68. The number of rotatable bonds is 6. The maximum atomic E-state index is 12.0. The lowest BCUT2D eigenvalue weighted by atomic mass is 10.1. The second-order valence-corrected chi connectivity index (χ2v) is 6.60. The molecule has 0 aliphatic carbocycles. The summed E-state index contributed by atoms with van der Waals surface area (Å²) in [6.07, 6.45) is 1.88. The average Bonchev–Trinajstić information content (AvgIpc) is 2.63. The van der Waals surface area contributed by atoms with Crippen LogP contribution in [0.25, 0.3) is 10.9 Å². The van der Waals surface area contributed by atoms with Crippen molar-refractivity contribution in [1.82, 2.24) is 4.98 Å². The zero-order valence-corrected chi connectivity index (χ0v) is 16.8. The molecule has 0 bridgehead atoms. The molecule has 0 atom stereocenters. The normalized spacial score (nSPS) is 10.3. The van der Waals surface area contributed by atoms with E-state index in [0.717, 1.165) is 40.8 Å². The van der Waals surface area contributed by atoms with E-state index in [4.69, 9.17) is 16.3 Å². The zero-order valence-electron chi connectivity index (χ0n) is 15.3. The third-order valence-corrected chi connectivity index (χ3v) is 4.26. The number of hydrogen-bond acceptors (Lipinski definition) is 4. The molecule has 0 spiro atoms. The third-order valence-electron chi connectivity index (χ3n) is 4.03. The van der Waals surface area contributed by atoms with Gasteiger partial charge in [-0.2, -0.15) is 0 Å². The minimum atomic E-state index is -0.290. The molecule has 0 radical (unpaired) electrons. The standard InChI is InChI=1S/C21H21ClN2O2.ClH/c1-3-4-11-26-21(25)15-5-8-17(9-6-15)24-20-12-14(2)23-19-10-7-16(22)13-18(19)20;/h5-10,12-13H,3-4,11H2,1-2H3,(H,23,24);1H/p-1. The number of unbranched alkanes of at least 4 members (excludes halogenated alkanes) is 1. The van der Waals surface area contributed by atoms with Gasteiger partial charge in [-0.25, -0.2) is 4.79 Å². The van der Waals surface area contributed by atoms with Gasteiger partial charge in [0.2, 0.25) is 0 Å². The van der Waals surface area contributed by atoms with E-state index in [1.54, 1.807) is 12.1 Å². The molecule has 0 saturated carbocycles. The highest BCUT2D eigenvalue weighted by molar-refractivity contribution is 6.31. The second-order valence-electron chi connectivity index (χ2n) is 6.16. The van der Waals surface area contributed by atoms with Gasteiger partial charge < -0.3 is 22.5 Å². The number of ether oxygens (including phenoxy) is 1. The molecule has 1 N–H and O–H groups in total. The van der Waals surface area contributed by atoms with Crippen molar-refractivity contribution in [2.24, 2.45) is 0 Å². The van der Waals surface area contributed by atoms with Crippen LogP contribution in [0.3, 0.4) is 0 Å². The van der Waals surface area contributed by atoms with Crippen molar-refractivity contribution in [3.8, 4) is 0 Å². The maximum Gasteiger partial charge on any atom is 0.338 e. The van der Waals surface area contributed by atoms with Gasteiger partial charge in [-0.3, -0.25) is 4.98 Å². The highest BCUT2D eigenvalue weighted by atomic mass is 35.5. The minimum Gasteiger partial charge on any atom is -1.00 e. The number of hydrogen-bond donors (Lipinski definition) is 1. The Balaban J connectivity index is 0.00000261. The number of fused-ring (bicyclic) bond motifs is 1. The molecule has 6 heteroatoms. The molecule has 0 aliphatic rings. The van der Waals surface area contributed by atoms with Crippen LogP contribution in [0.1, 0.15) is 35.8 Å². The van der Waals surface area contributed by atoms with Crippen molar-refractivity contribution in [3.05, 3.63) is 64.8 Å². The molecule has 2 aromatic carbocycles. The van der Waals surface area contributed by atoms with E-state index in [1.165, 1.54) is 0 Å². The number of aryl methyl sites for hydroxylation is 1. The SMILES string of the molecule is CCCCOC(=O)c1ccc(Nc2cc(C)nc3ccc(Cl)cc23)cc1.[Cl-]. The van der Waals surface area contributed by atoms with Crippen LogP contribution in [0, 0.1) is 6.92 Å². The molecule has 0 aliphatic heterocycles. The first-order chi connectivity index (χ1) is 12.6. The van der Waals surface area contributed by atoms with E-state index in [0.29, 0.717) is 17.2 Å². The Bertz CT molecular complexity index is 927. The minimum absolute atomic E-state index is 0. The maximum absolute atomic E-state index is 12.0. The van der Waals surface area contributed by atoms with Crippen LogP contribution in [0.15, 0.2) is 48.5 Å². The summed E-state index contributed by atoms with van der Waals surface area (Å²) in [7, 11) is 0. The van der Waals surface area contributed by atoms with E-state index >= 15 is 0 Å². The summed E-state index contributed by atoms with van der Waals surface area (Å²) in [6, 6.07) is 14.9. The number of carbonyl (C=O) groups excluding carboxylic acids is 1. The number of benzene rings is 2. The number of halogens is 2. The Labute approximate surface area is 170 Å². The van der Waals surface area contributed by atoms with Gasteiger partial charge in [-0.1, -0.05) is 24.9 Å². The number of pyridine rings is 1. The van der Waals surface area contributed by atoms with E-state index in [2.05, 4.69) is 17.2 Å². The number of esters is 1. The van der Waals surface area contributed by atoms with E-state index in [-0.39, 0.29) is 18.4 Å². The number of nitrogens with one attached hydrogen (secondary N) is 1. The van der Waals surface area contributed by atoms with Gasteiger partial charge in [0.1, 0.15) is 0 Å². The number of anilines is 2. The monoisotopic (exact) mass is 403 g/mol. The molecule has 4 nitrogen and oxygen atoms in total. The summed E-state index contributed by atoms with van der Waals surface area (Å²) < 4.78 is 5.23. The van der Waals surface area contributed by atoms with Gasteiger partial charge in [-0.15, -0.1) is 0 Å². The number of carbonyl (C=O) groups is 1. The summed E-state index contributed by atoms with van der Waals surface area (Å²) in [5.74, 6) is -0.290. The first kappa shape index (κ1) is 21.0. The Kier molecular flexibility index (Phi) is 7.45. The van der Waals surface area contributed by atoms with Crippen molar-refractivity contribution >= 4 is 39.8 Å². The molecule has 3 aromatic rings. The average molecular weight is 404 g/mol. The second kappa shape index (κ2) is 9.58. The van der Waals surface area contributed by atoms with Crippen molar-refractivity contribution in [1.29, 1.82) is 0 Å². The largest absolute Gasteiger partial charge is 1.00 e. The Morgan fingerprint density at radius 2 is 1.89 bits per heavy atom. The van der Waals surface area contributed by atoms with Crippen LogP contribution in [0.4, 0.5) is 11.4 Å².